The number of aliphatic hydroxyl groups excluding tert-OH is 1. The SMILES string of the molecule is Cc1ccc2c(c1)[C@@H](C)Oc1cc(nnc1N)-c1c(nn(C)c1C#N)CC1=NC(=O)C(C)(CO)N12. The summed E-state index contributed by atoms with van der Waals surface area (Å²) >= 11 is 0. The van der Waals surface area contributed by atoms with Gasteiger partial charge in [-0.1, -0.05) is 17.7 Å². The molecule has 3 aromatic rings. The third kappa shape index (κ3) is 3.33. The smallest absolute Gasteiger partial charge is 0.275 e. The van der Waals surface area contributed by atoms with Crippen LogP contribution in [0.15, 0.2) is 29.3 Å². The second-order valence-electron chi connectivity index (χ2n) is 8.98. The quantitative estimate of drug-likeness (QED) is 0.539. The van der Waals surface area contributed by atoms with E-state index in [0.29, 0.717) is 34.2 Å². The van der Waals surface area contributed by atoms with Crippen molar-refractivity contribution >= 4 is 23.2 Å². The molecule has 0 saturated carbocycles. The number of carbonyl (C=O) groups is 1. The van der Waals surface area contributed by atoms with Crippen molar-refractivity contribution in [1.82, 2.24) is 20.0 Å². The summed E-state index contributed by atoms with van der Waals surface area (Å²) in [6.07, 6.45) is -0.386. The van der Waals surface area contributed by atoms with Crippen LogP contribution in [-0.2, 0) is 18.3 Å². The molecular weight excluding hydrogens is 448 g/mol. The molecule has 11 nitrogen and oxygen atoms in total. The Morgan fingerprint density at radius 2 is 2.11 bits per heavy atom. The van der Waals surface area contributed by atoms with E-state index in [0.717, 1.165) is 11.1 Å². The number of carbonyl (C=O) groups excluding carboxylic acids is 1. The van der Waals surface area contributed by atoms with Crippen LogP contribution in [0.1, 0.15) is 42.5 Å². The van der Waals surface area contributed by atoms with Crippen molar-refractivity contribution < 1.29 is 14.6 Å². The van der Waals surface area contributed by atoms with Crippen LogP contribution in [0.2, 0.25) is 0 Å². The van der Waals surface area contributed by atoms with Crippen LogP contribution in [-0.4, -0.2) is 49.0 Å². The monoisotopic (exact) mass is 472 g/mol. The summed E-state index contributed by atoms with van der Waals surface area (Å²) in [4.78, 5) is 19.2. The Morgan fingerprint density at radius 3 is 2.83 bits per heavy atom. The lowest BCUT2D eigenvalue weighted by Gasteiger charge is -2.36. The molecule has 178 valence electrons. The maximum atomic E-state index is 13.1. The number of nitrogens with two attached hydrogens (primary N) is 1. The van der Waals surface area contributed by atoms with Crippen molar-refractivity contribution in [3.63, 3.8) is 0 Å². The second kappa shape index (κ2) is 7.89. The van der Waals surface area contributed by atoms with Gasteiger partial charge in [0.05, 0.1) is 30.0 Å². The summed E-state index contributed by atoms with van der Waals surface area (Å²) < 4.78 is 7.71. The molecule has 0 aliphatic carbocycles. The van der Waals surface area contributed by atoms with Gasteiger partial charge >= 0.3 is 0 Å². The Morgan fingerprint density at radius 1 is 1.34 bits per heavy atom. The van der Waals surface area contributed by atoms with E-state index in [1.54, 1.807) is 24.9 Å². The minimum atomic E-state index is -1.32. The largest absolute Gasteiger partial charge is 0.482 e. The molecule has 2 aromatic heterocycles. The number of fused-ring (bicyclic) bond motifs is 7. The third-order valence-corrected chi connectivity index (χ3v) is 6.51. The Balaban J connectivity index is 1.83. The van der Waals surface area contributed by atoms with Crippen molar-refractivity contribution in [2.24, 2.45) is 12.0 Å². The van der Waals surface area contributed by atoms with E-state index in [-0.39, 0.29) is 17.9 Å². The van der Waals surface area contributed by atoms with E-state index in [1.165, 1.54) is 4.68 Å². The molecule has 5 rings (SSSR count). The van der Waals surface area contributed by atoms with Crippen molar-refractivity contribution in [2.75, 3.05) is 17.2 Å². The first-order chi connectivity index (χ1) is 16.7. The minimum absolute atomic E-state index is 0.106. The van der Waals surface area contributed by atoms with Crippen molar-refractivity contribution in [2.45, 2.75) is 38.8 Å². The predicted molar refractivity (Wildman–Crippen MR) is 128 cm³/mol. The maximum absolute atomic E-state index is 13.1. The first kappa shape index (κ1) is 22.5. The fraction of sp³-hybridized carbons (Fsp3) is 0.333. The van der Waals surface area contributed by atoms with Gasteiger partial charge in [-0.25, -0.2) is 0 Å². The maximum Gasteiger partial charge on any atom is 0.275 e. The summed E-state index contributed by atoms with van der Waals surface area (Å²) in [6, 6.07) is 9.59. The van der Waals surface area contributed by atoms with Crippen LogP contribution < -0.4 is 15.4 Å². The highest BCUT2D eigenvalue weighted by Crippen LogP contribution is 2.40. The normalized spacial score (nSPS) is 21.0. The first-order valence-corrected chi connectivity index (χ1v) is 11.1. The van der Waals surface area contributed by atoms with Crippen molar-refractivity contribution in [3.8, 4) is 23.1 Å². The number of aryl methyl sites for hydroxylation is 2. The first-order valence-electron chi connectivity index (χ1n) is 11.1. The molecule has 11 heteroatoms. The number of amides is 1. The zero-order valence-corrected chi connectivity index (χ0v) is 19.8. The number of anilines is 2. The molecular formula is C24H24N8O3. The number of nitriles is 1. The number of ether oxygens (including phenoxy) is 1. The molecule has 0 spiro atoms. The summed E-state index contributed by atoms with van der Waals surface area (Å²) in [7, 11) is 1.66. The molecule has 2 atom stereocenters. The lowest BCUT2D eigenvalue weighted by atomic mass is 9.96. The number of benzene rings is 1. The van der Waals surface area contributed by atoms with Gasteiger partial charge in [-0.15, -0.1) is 10.2 Å². The number of aromatic nitrogens is 4. The molecule has 1 unspecified atom stereocenters. The second-order valence-corrected chi connectivity index (χ2v) is 8.98. The fourth-order valence-corrected chi connectivity index (χ4v) is 4.64. The number of aliphatic hydroxyl groups is 1. The molecule has 35 heavy (non-hydrogen) atoms. The van der Waals surface area contributed by atoms with Gasteiger partial charge in [0.2, 0.25) is 0 Å². The van der Waals surface area contributed by atoms with Gasteiger partial charge < -0.3 is 20.5 Å². The molecule has 0 radical (unpaired) electrons. The standard InChI is InChI=1S/C24H24N8O3/c1-12-5-6-17-14(7-12)13(2)35-19-8-15(28-29-22(19)26)21-16(30-31(4)18(21)10-25)9-20-27-23(34)24(3,11-33)32(17)20/h5-8,13,33H,9,11H2,1-4H3,(H2,26,29)/t13-,24?/m1/s1. The Kier molecular flexibility index (Phi) is 5.07. The zero-order valence-electron chi connectivity index (χ0n) is 19.8. The average molecular weight is 473 g/mol. The number of nitrogens with zero attached hydrogens (tertiary/aromatic N) is 7. The highest BCUT2D eigenvalue weighted by Gasteiger charge is 2.48. The van der Waals surface area contributed by atoms with Gasteiger partial charge in [0.25, 0.3) is 5.91 Å². The Bertz CT molecular complexity index is 1450. The third-order valence-electron chi connectivity index (χ3n) is 6.51. The fourth-order valence-electron chi connectivity index (χ4n) is 4.64. The van der Waals surface area contributed by atoms with Crippen molar-refractivity contribution in [3.05, 3.63) is 46.8 Å². The van der Waals surface area contributed by atoms with Crippen molar-refractivity contribution in [1.29, 1.82) is 5.26 Å². The van der Waals surface area contributed by atoms with E-state index in [1.807, 2.05) is 32.0 Å². The van der Waals surface area contributed by atoms with Gasteiger partial charge in [-0.05, 0) is 26.8 Å². The van der Waals surface area contributed by atoms with Crippen LogP contribution in [0, 0.1) is 18.3 Å². The molecule has 4 heterocycles. The molecule has 2 bridgehead atoms. The van der Waals surface area contributed by atoms with Gasteiger partial charge in [-0.2, -0.15) is 15.4 Å². The van der Waals surface area contributed by atoms with Gasteiger partial charge in [0, 0.05) is 18.7 Å². The van der Waals surface area contributed by atoms with Crippen LogP contribution in [0.4, 0.5) is 11.5 Å². The van der Waals surface area contributed by atoms with E-state index in [9.17, 15) is 15.2 Å². The number of nitrogen functional groups attached to an aromatic ring is 1. The summed E-state index contributed by atoms with van der Waals surface area (Å²) in [6.45, 7) is 5.03. The summed E-state index contributed by atoms with van der Waals surface area (Å²) in [5.74, 6) is 0.351. The summed E-state index contributed by atoms with van der Waals surface area (Å²) in [5, 5.41) is 33.0. The highest BCUT2D eigenvalue weighted by molar-refractivity contribution is 6.17. The molecule has 0 fully saturated rings. The lowest BCUT2D eigenvalue weighted by Crippen LogP contribution is -2.53. The minimum Gasteiger partial charge on any atom is -0.482 e. The number of aliphatic imine (C=N–C) groups is 1. The summed E-state index contributed by atoms with van der Waals surface area (Å²) in [5.41, 5.74) is 8.80. The van der Waals surface area contributed by atoms with Crippen LogP contribution in [0.3, 0.4) is 0 Å². The van der Waals surface area contributed by atoms with Gasteiger partial charge in [0.1, 0.15) is 34.9 Å². The number of amidine groups is 1. The molecule has 1 amide bonds. The average Bonchev–Trinajstić information content (AvgIpc) is 3.27. The number of hydrogen-bond acceptors (Lipinski definition) is 9. The Hall–Kier alpha value is -4.30. The zero-order chi connectivity index (χ0) is 25.1. The van der Waals surface area contributed by atoms with E-state index in [2.05, 4.69) is 26.4 Å². The van der Waals surface area contributed by atoms with E-state index in [4.69, 9.17) is 10.5 Å². The van der Waals surface area contributed by atoms with Crippen LogP contribution in [0.5, 0.6) is 5.75 Å². The molecule has 1 aromatic carbocycles. The van der Waals surface area contributed by atoms with Gasteiger partial charge in [-0.3, -0.25) is 9.48 Å². The Labute approximate surface area is 201 Å². The lowest BCUT2D eigenvalue weighted by molar-refractivity contribution is -0.122. The predicted octanol–water partition coefficient (Wildman–Crippen LogP) is 1.83. The molecule has 2 aliphatic heterocycles. The molecule has 2 aliphatic rings. The number of hydrogen-bond donors (Lipinski definition) is 2. The van der Waals surface area contributed by atoms with Crippen LogP contribution >= 0.6 is 0 Å². The van der Waals surface area contributed by atoms with E-state index >= 15 is 0 Å². The number of rotatable bonds is 1. The highest BCUT2D eigenvalue weighted by atomic mass is 16.5. The topological polar surface area (TPSA) is 156 Å². The van der Waals surface area contributed by atoms with Crippen LogP contribution in [0.25, 0.3) is 11.3 Å². The van der Waals surface area contributed by atoms with E-state index < -0.39 is 24.2 Å². The van der Waals surface area contributed by atoms with Gasteiger partial charge in [0.15, 0.2) is 11.6 Å². The molecule has 0 saturated heterocycles. The molecule has 3 N–H and O–H groups in total.